The van der Waals surface area contributed by atoms with Gasteiger partial charge in [0.15, 0.2) is 0 Å². The molecule has 0 spiro atoms. The summed E-state index contributed by atoms with van der Waals surface area (Å²) >= 11 is 5.17. The Balaban J connectivity index is 1.86. The number of aryl methyl sites for hydroxylation is 1. The molecule has 2 rings (SSSR count). The molecule has 1 aromatic heterocycles. The Kier molecular flexibility index (Phi) is 6.68. The highest BCUT2D eigenvalue weighted by atomic mass is 79.9. The van der Waals surface area contributed by atoms with Crippen LogP contribution in [0.4, 0.5) is 0 Å². The molecule has 0 saturated carbocycles. The zero-order valence-electron chi connectivity index (χ0n) is 13.4. The number of amides is 1. The molecular weight excluding hydrogens is 376 g/mol. The van der Waals surface area contributed by atoms with Gasteiger partial charge in [0.1, 0.15) is 6.04 Å². The van der Waals surface area contributed by atoms with Crippen LogP contribution in [0.2, 0.25) is 0 Å². The van der Waals surface area contributed by atoms with Crippen LogP contribution in [0.25, 0.3) is 0 Å². The molecule has 7 heteroatoms. The predicted molar refractivity (Wildman–Crippen MR) is 97.5 cm³/mol. The van der Waals surface area contributed by atoms with Crippen LogP contribution in [0.15, 0.2) is 46.0 Å². The number of benzene rings is 1. The van der Waals surface area contributed by atoms with Gasteiger partial charge >= 0.3 is 0 Å². The van der Waals surface area contributed by atoms with Crippen LogP contribution >= 0.6 is 27.7 Å². The fourth-order valence-corrected chi connectivity index (χ4v) is 3.36. The van der Waals surface area contributed by atoms with Gasteiger partial charge in [-0.2, -0.15) is 5.10 Å². The molecule has 2 atom stereocenters. The van der Waals surface area contributed by atoms with E-state index in [-0.39, 0.29) is 17.2 Å². The predicted octanol–water partition coefficient (Wildman–Crippen LogP) is 2.74. The third-order valence-corrected chi connectivity index (χ3v) is 4.97. The van der Waals surface area contributed by atoms with Gasteiger partial charge in [0.05, 0.1) is 6.20 Å². The fourth-order valence-electron chi connectivity index (χ4n) is 2.17. The smallest absolute Gasteiger partial charge is 0.241 e. The lowest BCUT2D eigenvalue weighted by molar-refractivity contribution is -0.123. The monoisotopic (exact) mass is 396 g/mol. The maximum absolute atomic E-state index is 12.4. The number of likely N-dealkylation sites (N-methyl/N-ethyl adjacent to an activating group) is 1. The molecule has 0 radical (unpaired) electrons. The van der Waals surface area contributed by atoms with Crippen LogP contribution in [-0.2, 0) is 11.8 Å². The number of aromatic nitrogens is 2. The van der Waals surface area contributed by atoms with Crippen molar-refractivity contribution in [3.05, 3.63) is 46.7 Å². The summed E-state index contributed by atoms with van der Waals surface area (Å²) < 4.78 is 2.76. The van der Waals surface area contributed by atoms with Crippen molar-refractivity contribution in [2.45, 2.75) is 23.1 Å². The van der Waals surface area contributed by atoms with Crippen LogP contribution in [0.5, 0.6) is 0 Å². The summed E-state index contributed by atoms with van der Waals surface area (Å²) in [6.45, 7) is 2.71. The number of carbonyl (C=O) groups is 1. The zero-order chi connectivity index (χ0) is 16.8. The van der Waals surface area contributed by atoms with E-state index < -0.39 is 0 Å². The Bertz CT molecular complexity index is 644. The molecule has 2 unspecified atom stereocenters. The number of hydrogen-bond donors (Lipinski definition) is 2. The number of nitrogens with one attached hydrogen (secondary N) is 2. The topological polar surface area (TPSA) is 59.0 Å². The van der Waals surface area contributed by atoms with Gasteiger partial charge in [0, 0.05) is 40.0 Å². The summed E-state index contributed by atoms with van der Waals surface area (Å²) in [6.07, 6.45) is 3.56. The molecule has 5 nitrogen and oxygen atoms in total. The second kappa shape index (κ2) is 8.52. The average molecular weight is 397 g/mol. The molecule has 0 aliphatic rings. The maximum atomic E-state index is 12.4. The first-order chi connectivity index (χ1) is 11.0. The summed E-state index contributed by atoms with van der Waals surface area (Å²) in [7, 11) is 3.61. The van der Waals surface area contributed by atoms with Gasteiger partial charge in [-0.25, -0.2) is 0 Å². The summed E-state index contributed by atoms with van der Waals surface area (Å²) in [4.78, 5) is 13.5. The lowest BCUT2D eigenvalue weighted by atomic mass is 10.1. The van der Waals surface area contributed by atoms with E-state index in [4.69, 9.17) is 0 Å². The molecule has 1 heterocycles. The normalized spacial score (nSPS) is 13.6. The van der Waals surface area contributed by atoms with E-state index in [1.807, 2.05) is 25.4 Å². The maximum Gasteiger partial charge on any atom is 0.241 e. The first-order valence-electron chi connectivity index (χ1n) is 7.35. The van der Waals surface area contributed by atoms with Crippen LogP contribution < -0.4 is 10.6 Å². The van der Waals surface area contributed by atoms with Crippen molar-refractivity contribution in [1.29, 1.82) is 0 Å². The quantitative estimate of drug-likeness (QED) is 0.706. The van der Waals surface area contributed by atoms with E-state index >= 15 is 0 Å². The van der Waals surface area contributed by atoms with Gasteiger partial charge in [-0.15, -0.1) is 11.8 Å². The minimum absolute atomic E-state index is 0.0382. The van der Waals surface area contributed by atoms with Gasteiger partial charge in [-0.1, -0.05) is 22.9 Å². The first kappa shape index (κ1) is 18.0. The highest BCUT2D eigenvalue weighted by molar-refractivity contribution is 9.10. The molecule has 0 fully saturated rings. The molecule has 0 aliphatic carbocycles. The Morgan fingerprint density at radius 1 is 1.39 bits per heavy atom. The van der Waals surface area contributed by atoms with E-state index in [0.717, 1.165) is 10.0 Å². The number of halogens is 1. The Morgan fingerprint density at radius 2 is 2.09 bits per heavy atom. The standard InChI is InChI=1S/C16H21BrN4OS/c1-11(23-14-6-4-13(17)5-7-14)8-19-16(22)15(18-2)12-9-20-21(3)10-12/h4-7,9-11,15,18H,8H2,1-3H3,(H,19,22). The summed E-state index contributed by atoms with van der Waals surface area (Å²) in [6, 6.07) is 7.80. The molecule has 2 aromatic rings. The summed E-state index contributed by atoms with van der Waals surface area (Å²) in [5.41, 5.74) is 0.862. The molecule has 0 aliphatic heterocycles. The molecule has 0 bridgehead atoms. The van der Waals surface area contributed by atoms with E-state index in [9.17, 15) is 4.79 Å². The third-order valence-electron chi connectivity index (χ3n) is 3.32. The Morgan fingerprint density at radius 3 is 2.65 bits per heavy atom. The van der Waals surface area contributed by atoms with Crippen molar-refractivity contribution in [2.75, 3.05) is 13.6 Å². The van der Waals surface area contributed by atoms with E-state index in [1.165, 1.54) is 4.90 Å². The van der Waals surface area contributed by atoms with E-state index in [2.05, 4.69) is 50.7 Å². The lowest BCUT2D eigenvalue weighted by Gasteiger charge is -2.17. The third kappa shape index (κ3) is 5.37. The molecule has 23 heavy (non-hydrogen) atoms. The number of nitrogens with zero attached hydrogens (tertiary/aromatic N) is 2. The van der Waals surface area contributed by atoms with Crippen molar-refractivity contribution < 1.29 is 4.79 Å². The summed E-state index contributed by atoms with van der Waals surface area (Å²) in [5.74, 6) is -0.0382. The van der Waals surface area contributed by atoms with Gasteiger partial charge in [0.25, 0.3) is 0 Å². The number of rotatable bonds is 7. The van der Waals surface area contributed by atoms with Crippen LogP contribution in [-0.4, -0.2) is 34.5 Å². The largest absolute Gasteiger partial charge is 0.353 e. The second-order valence-corrected chi connectivity index (χ2v) is 7.72. The van der Waals surface area contributed by atoms with Crippen LogP contribution in [0, 0.1) is 0 Å². The number of hydrogen-bond acceptors (Lipinski definition) is 4. The van der Waals surface area contributed by atoms with Crippen molar-refractivity contribution >= 4 is 33.6 Å². The second-order valence-electron chi connectivity index (χ2n) is 5.30. The molecule has 124 valence electrons. The Hall–Kier alpha value is -1.31. The van der Waals surface area contributed by atoms with Crippen molar-refractivity contribution in [2.24, 2.45) is 7.05 Å². The van der Waals surface area contributed by atoms with Crippen LogP contribution in [0.1, 0.15) is 18.5 Å². The highest BCUT2D eigenvalue weighted by Crippen LogP contribution is 2.24. The Labute approximate surface area is 149 Å². The SMILES string of the molecule is CNC(C(=O)NCC(C)Sc1ccc(Br)cc1)c1cnn(C)c1. The molecule has 0 saturated heterocycles. The lowest BCUT2D eigenvalue weighted by Crippen LogP contribution is -2.38. The fraction of sp³-hybridized carbons (Fsp3) is 0.375. The first-order valence-corrected chi connectivity index (χ1v) is 9.02. The van der Waals surface area contributed by atoms with E-state index in [1.54, 1.807) is 29.7 Å². The number of thioether (sulfide) groups is 1. The molecular formula is C16H21BrN4OS. The van der Waals surface area contributed by atoms with Crippen molar-refractivity contribution in [3.63, 3.8) is 0 Å². The molecule has 1 amide bonds. The van der Waals surface area contributed by atoms with Crippen molar-refractivity contribution in [1.82, 2.24) is 20.4 Å². The van der Waals surface area contributed by atoms with Gasteiger partial charge in [-0.3, -0.25) is 9.48 Å². The molecule has 2 N–H and O–H groups in total. The van der Waals surface area contributed by atoms with Gasteiger partial charge in [0.2, 0.25) is 5.91 Å². The average Bonchev–Trinajstić information content (AvgIpc) is 2.94. The van der Waals surface area contributed by atoms with Crippen LogP contribution in [0.3, 0.4) is 0 Å². The number of carbonyl (C=O) groups excluding carboxylic acids is 1. The minimum atomic E-state index is -0.381. The highest BCUT2D eigenvalue weighted by Gasteiger charge is 2.20. The minimum Gasteiger partial charge on any atom is -0.353 e. The van der Waals surface area contributed by atoms with Gasteiger partial charge < -0.3 is 10.6 Å². The molecule has 1 aromatic carbocycles. The zero-order valence-corrected chi connectivity index (χ0v) is 15.8. The van der Waals surface area contributed by atoms with Crippen molar-refractivity contribution in [3.8, 4) is 0 Å². The van der Waals surface area contributed by atoms with Gasteiger partial charge in [-0.05, 0) is 31.3 Å². The van der Waals surface area contributed by atoms with E-state index in [0.29, 0.717) is 6.54 Å². The summed E-state index contributed by atoms with van der Waals surface area (Å²) in [5, 5.41) is 10.4.